The second-order valence-corrected chi connectivity index (χ2v) is 8.27. The van der Waals surface area contributed by atoms with E-state index < -0.39 is 11.7 Å². The minimum absolute atomic E-state index is 0.156. The number of carbonyl (C=O) groups is 2. The molecule has 1 atom stereocenters. The van der Waals surface area contributed by atoms with Gasteiger partial charge in [-0.15, -0.1) is 0 Å². The summed E-state index contributed by atoms with van der Waals surface area (Å²) in [6.07, 6.45) is -0.226. The van der Waals surface area contributed by atoms with E-state index in [1.54, 1.807) is 25.2 Å². The van der Waals surface area contributed by atoms with Crippen molar-refractivity contribution in [1.29, 1.82) is 0 Å². The Hall–Kier alpha value is -4.00. The lowest BCUT2D eigenvalue weighted by atomic mass is 9.93. The first-order valence-corrected chi connectivity index (χ1v) is 11.1. The van der Waals surface area contributed by atoms with Crippen LogP contribution >= 0.6 is 0 Å². The second-order valence-electron chi connectivity index (χ2n) is 8.27. The number of amides is 2. The van der Waals surface area contributed by atoms with Crippen LogP contribution in [0.25, 0.3) is 0 Å². The Bertz CT molecular complexity index is 1110. The van der Waals surface area contributed by atoms with Crippen molar-refractivity contribution in [3.05, 3.63) is 95.6 Å². The van der Waals surface area contributed by atoms with Gasteiger partial charge in [0.2, 0.25) is 5.60 Å². The van der Waals surface area contributed by atoms with E-state index in [9.17, 15) is 9.59 Å². The molecule has 1 heterocycles. The van der Waals surface area contributed by atoms with Gasteiger partial charge < -0.3 is 19.5 Å². The van der Waals surface area contributed by atoms with E-state index >= 15 is 0 Å². The molecule has 1 fully saturated rings. The summed E-state index contributed by atoms with van der Waals surface area (Å²) >= 11 is 0. The van der Waals surface area contributed by atoms with E-state index in [4.69, 9.17) is 14.2 Å². The van der Waals surface area contributed by atoms with Crippen molar-refractivity contribution in [2.75, 3.05) is 20.8 Å². The van der Waals surface area contributed by atoms with Crippen molar-refractivity contribution in [3.63, 3.8) is 0 Å². The highest BCUT2D eigenvalue weighted by Gasteiger charge is 2.51. The van der Waals surface area contributed by atoms with Gasteiger partial charge in [0.25, 0.3) is 5.91 Å². The molecule has 0 spiro atoms. The number of nitrogens with zero attached hydrogens (tertiary/aromatic N) is 1. The van der Waals surface area contributed by atoms with Crippen LogP contribution in [0.2, 0.25) is 0 Å². The summed E-state index contributed by atoms with van der Waals surface area (Å²) in [5.41, 5.74) is 1.36. The number of nitrogens with one attached hydrogen (secondary N) is 1. The van der Waals surface area contributed by atoms with Crippen LogP contribution < -0.4 is 14.8 Å². The molecule has 3 aromatic rings. The highest BCUT2D eigenvalue weighted by Crippen LogP contribution is 2.29. The molecule has 2 amide bonds. The molecule has 3 aromatic carbocycles. The Morgan fingerprint density at radius 1 is 0.912 bits per heavy atom. The number of benzene rings is 3. The van der Waals surface area contributed by atoms with E-state index in [1.807, 2.05) is 72.8 Å². The van der Waals surface area contributed by atoms with Gasteiger partial charge in [-0.1, -0.05) is 60.7 Å². The second kappa shape index (κ2) is 10.3. The Balaban J connectivity index is 1.55. The molecule has 0 radical (unpaired) electrons. The lowest BCUT2D eigenvalue weighted by Gasteiger charge is -2.26. The molecule has 176 valence electrons. The maximum atomic E-state index is 13.5. The van der Waals surface area contributed by atoms with Gasteiger partial charge in [-0.05, 0) is 28.8 Å². The third-order valence-corrected chi connectivity index (χ3v) is 5.81. The van der Waals surface area contributed by atoms with Crippen LogP contribution in [0, 0.1) is 0 Å². The number of rotatable bonds is 9. The lowest BCUT2D eigenvalue weighted by Crippen LogP contribution is -2.51. The predicted molar refractivity (Wildman–Crippen MR) is 128 cm³/mol. The van der Waals surface area contributed by atoms with Crippen molar-refractivity contribution in [1.82, 2.24) is 10.2 Å². The molecule has 7 nitrogen and oxygen atoms in total. The van der Waals surface area contributed by atoms with Crippen LogP contribution in [0.3, 0.4) is 0 Å². The van der Waals surface area contributed by atoms with Crippen molar-refractivity contribution < 1.29 is 23.8 Å². The summed E-state index contributed by atoms with van der Waals surface area (Å²) in [6.45, 7) is 0.763. The van der Waals surface area contributed by atoms with E-state index in [2.05, 4.69) is 5.32 Å². The first-order valence-electron chi connectivity index (χ1n) is 11.1. The largest absolute Gasteiger partial charge is 0.497 e. The van der Waals surface area contributed by atoms with Crippen molar-refractivity contribution in [2.45, 2.75) is 25.1 Å². The summed E-state index contributed by atoms with van der Waals surface area (Å²) in [5.74, 6) is 0.912. The zero-order chi connectivity index (χ0) is 24.0. The predicted octanol–water partition coefficient (Wildman–Crippen LogP) is 3.95. The van der Waals surface area contributed by atoms with Crippen LogP contribution in [-0.2, 0) is 29.0 Å². The summed E-state index contributed by atoms with van der Waals surface area (Å²) < 4.78 is 16.4. The fourth-order valence-electron chi connectivity index (χ4n) is 4.09. The molecule has 1 unspecified atom stereocenters. The van der Waals surface area contributed by atoms with Crippen LogP contribution in [0.1, 0.15) is 16.7 Å². The van der Waals surface area contributed by atoms with E-state index in [-0.39, 0.29) is 25.4 Å². The van der Waals surface area contributed by atoms with Gasteiger partial charge in [0.1, 0.15) is 11.5 Å². The monoisotopic (exact) mass is 460 g/mol. The first-order chi connectivity index (χ1) is 16.5. The molecule has 1 saturated heterocycles. The van der Waals surface area contributed by atoms with Gasteiger partial charge in [0, 0.05) is 25.6 Å². The third kappa shape index (κ3) is 5.31. The van der Waals surface area contributed by atoms with Gasteiger partial charge in [0.05, 0.1) is 20.8 Å². The van der Waals surface area contributed by atoms with Crippen molar-refractivity contribution >= 4 is 12.0 Å². The minimum Gasteiger partial charge on any atom is -0.497 e. The topological polar surface area (TPSA) is 77.1 Å². The van der Waals surface area contributed by atoms with Crippen LogP contribution in [0.15, 0.2) is 78.9 Å². The first kappa shape index (κ1) is 23.2. The Morgan fingerprint density at radius 2 is 1.50 bits per heavy atom. The minimum atomic E-state index is -1.34. The number of cyclic esters (lactones) is 1. The Labute approximate surface area is 199 Å². The van der Waals surface area contributed by atoms with E-state index in [1.165, 1.54) is 0 Å². The molecule has 1 N–H and O–H groups in total. The Kier molecular flexibility index (Phi) is 7.01. The number of ether oxygens (including phenoxy) is 3. The molecule has 1 aliphatic rings. The molecule has 34 heavy (non-hydrogen) atoms. The average molecular weight is 461 g/mol. The Morgan fingerprint density at radius 3 is 2.09 bits per heavy atom. The zero-order valence-corrected chi connectivity index (χ0v) is 19.3. The SMILES string of the molecule is COc1cc(CNC(=O)C2(Cc3ccccc3)CN(Cc3ccccc3)C(=O)O2)cc(OC)c1. The molecule has 0 aromatic heterocycles. The zero-order valence-electron chi connectivity index (χ0n) is 19.3. The highest BCUT2D eigenvalue weighted by atomic mass is 16.6. The van der Waals surface area contributed by atoms with Crippen LogP contribution in [-0.4, -0.2) is 43.3 Å². The molecule has 1 aliphatic heterocycles. The molecule has 0 bridgehead atoms. The number of hydrogen-bond acceptors (Lipinski definition) is 5. The fraction of sp³-hybridized carbons (Fsp3) is 0.259. The van der Waals surface area contributed by atoms with Gasteiger partial charge in [-0.3, -0.25) is 9.69 Å². The quantitative estimate of drug-likeness (QED) is 0.523. The van der Waals surface area contributed by atoms with Crippen molar-refractivity contribution in [2.24, 2.45) is 0 Å². The smallest absolute Gasteiger partial charge is 0.411 e. The molecular weight excluding hydrogens is 432 g/mol. The lowest BCUT2D eigenvalue weighted by molar-refractivity contribution is -0.136. The maximum absolute atomic E-state index is 13.5. The number of methoxy groups -OCH3 is 2. The van der Waals surface area contributed by atoms with Gasteiger partial charge >= 0.3 is 6.09 Å². The number of hydrogen-bond donors (Lipinski definition) is 1. The van der Waals surface area contributed by atoms with Gasteiger partial charge in [-0.2, -0.15) is 0 Å². The standard InChI is InChI=1S/C27H28N2O5/c1-32-23-13-22(14-24(15-23)33-2)17-28-25(30)27(16-20-9-5-3-6-10-20)19-29(26(31)34-27)18-21-11-7-4-8-12-21/h3-15H,16-19H2,1-2H3,(H,28,30). The summed E-state index contributed by atoms with van der Waals surface area (Å²) in [5, 5.41) is 2.96. The third-order valence-electron chi connectivity index (χ3n) is 5.81. The molecule has 4 rings (SSSR count). The number of carbonyl (C=O) groups excluding carboxylic acids is 2. The fourth-order valence-corrected chi connectivity index (χ4v) is 4.09. The molecule has 7 heteroatoms. The summed E-state index contributed by atoms with van der Waals surface area (Å²) in [7, 11) is 3.15. The van der Waals surface area contributed by atoms with E-state index in [0.29, 0.717) is 18.0 Å². The normalized spacial score (nSPS) is 17.2. The average Bonchev–Trinajstić information content (AvgIpc) is 3.18. The van der Waals surface area contributed by atoms with Crippen molar-refractivity contribution in [3.8, 4) is 11.5 Å². The molecular formula is C27H28N2O5. The van der Waals surface area contributed by atoms with Gasteiger partial charge in [-0.25, -0.2) is 4.79 Å². The van der Waals surface area contributed by atoms with Gasteiger partial charge in [0.15, 0.2) is 0 Å². The van der Waals surface area contributed by atoms with Crippen LogP contribution in [0.5, 0.6) is 11.5 Å². The maximum Gasteiger partial charge on any atom is 0.411 e. The summed E-state index contributed by atoms with van der Waals surface area (Å²) in [6, 6.07) is 24.6. The summed E-state index contributed by atoms with van der Waals surface area (Å²) in [4.78, 5) is 27.9. The van der Waals surface area contributed by atoms with Crippen LogP contribution in [0.4, 0.5) is 4.79 Å². The van der Waals surface area contributed by atoms with E-state index in [0.717, 1.165) is 16.7 Å². The molecule has 0 saturated carbocycles. The molecule has 0 aliphatic carbocycles. The highest BCUT2D eigenvalue weighted by molar-refractivity contribution is 5.91.